The lowest BCUT2D eigenvalue weighted by Crippen LogP contribution is -2.06. The molecule has 30 heavy (non-hydrogen) atoms. The summed E-state index contributed by atoms with van der Waals surface area (Å²) in [5.74, 6) is 0.221. The fourth-order valence-electron chi connectivity index (χ4n) is 3.77. The molecule has 0 aliphatic heterocycles. The van der Waals surface area contributed by atoms with E-state index in [9.17, 15) is 4.39 Å². The lowest BCUT2D eigenvalue weighted by Gasteiger charge is -2.14. The van der Waals surface area contributed by atoms with Crippen LogP contribution in [-0.2, 0) is 13.2 Å². The van der Waals surface area contributed by atoms with Crippen LogP contribution in [0.2, 0.25) is 5.15 Å². The van der Waals surface area contributed by atoms with Crippen molar-refractivity contribution >= 4 is 22.5 Å². The molecule has 2 aromatic carbocycles. The van der Waals surface area contributed by atoms with Crippen LogP contribution in [0.25, 0.3) is 10.9 Å². The zero-order chi connectivity index (χ0) is 21.4. The van der Waals surface area contributed by atoms with Crippen LogP contribution in [0.1, 0.15) is 33.5 Å². The molecule has 0 N–H and O–H groups in total. The number of aromatic nitrogens is 2. The van der Waals surface area contributed by atoms with Gasteiger partial charge in [-0.2, -0.15) is 4.98 Å². The molecule has 0 fully saturated rings. The van der Waals surface area contributed by atoms with Crippen LogP contribution in [0.5, 0.6) is 5.88 Å². The monoisotopic (exact) mass is 422 g/mol. The van der Waals surface area contributed by atoms with Gasteiger partial charge in [-0.3, -0.25) is 0 Å². The molecular formula is C25H24ClFN2O. The van der Waals surface area contributed by atoms with Gasteiger partial charge < -0.3 is 9.30 Å². The highest BCUT2D eigenvalue weighted by atomic mass is 35.5. The van der Waals surface area contributed by atoms with E-state index < -0.39 is 0 Å². The molecule has 0 saturated heterocycles. The Morgan fingerprint density at radius 3 is 2.47 bits per heavy atom. The highest BCUT2D eigenvalue weighted by Gasteiger charge is 2.19. The number of nitrogens with zero attached hydrogens (tertiary/aromatic N) is 2. The van der Waals surface area contributed by atoms with Gasteiger partial charge in [0, 0.05) is 17.6 Å². The van der Waals surface area contributed by atoms with Crippen LogP contribution in [0, 0.1) is 33.5 Å². The molecular weight excluding hydrogens is 399 g/mol. The highest BCUT2D eigenvalue weighted by molar-refractivity contribution is 6.30. The van der Waals surface area contributed by atoms with Crippen LogP contribution in [0.4, 0.5) is 4.39 Å². The molecule has 5 heteroatoms. The summed E-state index contributed by atoms with van der Waals surface area (Å²) in [6, 6.07) is 14.7. The van der Waals surface area contributed by atoms with E-state index in [0.29, 0.717) is 11.0 Å². The molecule has 0 radical (unpaired) electrons. The molecule has 0 saturated carbocycles. The number of benzene rings is 2. The van der Waals surface area contributed by atoms with Crippen molar-refractivity contribution in [1.29, 1.82) is 0 Å². The maximum Gasteiger partial charge on any atom is 0.240 e. The first-order valence-electron chi connectivity index (χ1n) is 9.93. The van der Waals surface area contributed by atoms with Gasteiger partial charge in [0.1, 0.15) is 23.1 Å². The van der Waals surface area contributed by atoms with Crippen molar-refractivity contribution in [2.75, 3.05) is 0 Å². The summed E-state index contributed by atoms with van der Waals surface area (Å²) in [5.41, 5.74) is 7.85. The standard InChI is InChI=1S/C25H24ClFN2O/c1-15-5-6-16(2)20(11-15)13-29-18(4)17(3)22-12-23(26)28-25(24(22)29)30-14-19-7-9-21(27)10-8-19/h5-12H,13-14H2,1-4H3. The van der Waals surface area contributed by atoms with Crippen LogP contribution < -0.4 is 4.74 Å². The Balaban J connectivity index is 1.79. The zero-order valence-corrected chi connectivity index (χ0v) is 18.3. The third kappa shape index (κ3) is 3.92. The van der Waals surface area contributed by atoms with E-state index in [2.05, 4.69) is 55.4 Å². The van der Waals surface area contributed by atoms with E-state index in [1.807, 2.05) is 6.07 Å². The maximum atomic E-state index is 13.2. The average Bonchev–Trinajstić information content (AvgIpc) is 2.95. The Labute approximate surface area is 181 Å². The maximum absolute atomic E-state index is 13.2. The van der Waals surface area contributed by atoms with Crippen LogP contribution in [-0.4, -0.2) is 9.55 Å². The van der Waals surface area contributed by atoms with E-state index in [4.69, 9.17) is 16.3 Å². The first-order valence-corrected chi connectivity index (χ1v) is 10.3. The van der Waals surface area contributed by atoms with E-state index in [0.717, 1.165) is 34.3 Å². The van der Waals surface area contributed by atoms with E-state index >= 15 is 0 Å². The summed E-state index contributed by atoms with van der Waals surface area (Å²) in [5, 5.41) is 1.43. The Kier molecular flexibility index (Phi) is 5.52. The van der Waals surface area contributed by atoms with Crippen LogP contribution in [0.3, 0.4) is 0 Å². The van der Waals surface area contributed by atoms with E-state index in [-0.39, 0.29) is 12.4 Å². The summed E-state index contributed by atoms with van der Waals surface area (Å²) in [7, 11) is 0. The number of pyridine rings is 1. The Hall–Kier alpha value is -2.85. The molecule has 0 unspecified atom stereocenters. The van der Waals surface area contributed by atoms with Crippen molar-refractivity contribution in [3.63, 3.8) is 0 Å². The number of aryl methyl sites for hydroxylation is 3. The fraction of sp³-hybridized carbons (Fsp3) is 0.240. The Morgan fingerprint density at radius 1 is 1.00 bits per heavy atom. The molecule has 0 aliphatic carbocycles. The highest BCUT2D eigenvalue weighted by Crippen LogP contribution is 2.34. The number of rotatable bonds is 5. The largest absolute Gasteiger partial charge is 0.471 e. The molecule has 0 spiro atoms. The quantitative estimate of drug-likeness (QED) is 0.335. The third-order valence-electron chi connectivity index (χ3n) is 5.67. The molecule has 154 valence electrons. The molecule has 0 aliphatic rings. The van der Waals surface area contributed by atoms with Gasteiger partial charge in [-0.1, -0.05) is 47.5 Å². The molecule has 3 nitrogen and oxygen atoms in total. The first kappa shape index (κ1) is 20.4. The Morgan fingerprint density at radius 2 is 1.73 bits per heavy atom. The normalized spacial score (nSPS) is 11.3. The minimum atomic E-state index is -0.268. The first-order chi connectivity index (χ1) is 14.3. The lowest BCUT2D eigenvalue weighted by atomic mass is 10.1. The summed E-state index contributed by atoms with van der Waals surface area (Å²) in [6.07, 6.45) is 0. The number of hydrogen-bond donors (Lipinski definition) is 0. The smallest absolute Gasteiger partial charge is 0.240 e. The Bertz CT molecular complexity index is 1230. The second-order valence-corrected chi connectivity index (χ2v) is 8.18. The summed E-state index contributed by atoms with van der Waals surface area (Å²) >= 11 is 6.32. The molecule has 0 atom stereocenters. The van der Waals surface area contributed by atoms with Crippen molar-refractivity contribution in [2.45, 2.75) is 40.8 Å². The predicted molar refractivity (Wildman–Crippen MR) is 120 cm³/mol. The van der Waals surface area contributed by atoms with Crippen molar-refractivity contribution in [2.24, 2.45) is 0 Å². The van der Waals surface area contributed by atoms with Crippen LogP contribution >= 0.6 is 11.6 Å². The minimum Gasteiger partial charge on any atom is -0.471 e. The predicted octanol–water partition coefficient (Wildman–Crippen LogP) is 6.69. The summed E-state index contributed by atoms with van der Waals surface area (Å²) in [4.78, 5) is 4.48. The molecule has 0 amide bonds. The number of hydrogen-bond acceptors (Lipinski definition) is 2. The van der Waals surface area contributed by atoms with Crippen molar-refractivity contribution in [3.8, 4) is 5.88 Å². The van der Waals surface area contributed by atoms with E-state index in [1.54, 1.807) is 12.1 Å². The van der Waals surface area contributed by atoms with Crippen LogP contribution in [0.15, 0.2) is 48.5 Å². The second kappa shape index (κ2) is 8.11. The fourth-order valence-corrected chi connectivity index (χ4v) is 3.95. The number of ether oxygens (including phenoxy) is 1. The number of fused-ring (bicyclic) bond motifs is 1. The third-order valence-corrected chi connectivity index (χ3v) is 5.87. The van der Waals surface area contributed by atoms with Gasteiger partial charge >= 0.3 is 0 Å². The van der Waals surface area contributed by atoms with Crippen molar-refractivity contribution < 1.29 is 9.13 Å². The van der Waals surface area contributed by atoms with Gasteiger partial charge in [-0.05, 0) is 68.1 Å². The zero-order valence-electron chi connectivity index (χ0n) is 17.6. The summed E-state index contributed by atoms with van der Waals surface area (Å²) < 4.78 is 21.5. The summed E-state index contributed by atoms with van der Waals surface area (Å²) in [6.45, 7) is 9.45. The topological polar surface area (TPSA) is 27.1 Å². The van der Waals surface area contributed by atoms with Gasteiger partial charge in [0.05, 0.1) is 0 Å². The van der Waals surface area contributed by atoms with Crippen molar-refractivity contribution in [1.82, 2.24) is 9.55 Å². The molecule has 4 rings (SSSR count). The molecule has 0 bridgehead atoms. The molecule has 2 heterocycles. The number of halogens is 2. The lowest BCUT2D eigenvalue weighted by molar-refractivity contribution is 0.296. The van der Waals surface area contributed by atoms with Gasteiger partial charge in [-0.25, -0.2) is 4.39 Å². The van der Waals surface area contributed by atoms with Gasteiger partial charge in [-0.15, -0.1) is 0 Å². The van der Waals surface area contributed by atoms with Gasteiger partial charge in [0.15, 0.2) is 0 Å². The van der Waals surface area contributed by atoms with Crippen molar-refractivity contribution in [3.05, 3.63) is 93.0 Å². The van der Waals surface area contributed by atoms with E-state index in [1.165, 1.54) is 28.8 Å². The van der Waals surface area contributed by atoms with Gasteiger partial charge in [0.25, 0.3) is 0 Å². The van der Waals surface area contributed by atoms with Gasteiger partial charge in [0.2, 0.25) is 5.88 Å². The minimum absolute atomic E-state index is 0.268. The second-order valence-electron chi connectivity index (χ2n) is 7.79. The SMILES string of the molecule is Cc1ccc(C)c(Cn2c(C)c(C)c3cc(Cl)nc(OCc4ccc(F)cc4)c32)c1. The average molecular weight is 423 g/mol. The molecule has 2 aromatic heterocycles. The molecule has 4 aromatic rings.